The first-order valence-corrected chi connectivity index (χ1v) is 8.98. The summed E-state index contributed by atoms with van der Waals surface area (Å²) in [4.78, 5) is 30.5. The molecule has 1 aromatic carbocycles. The predicted molar refractivity (Wildman–Crippen MR) is 105 cm³/mol. The molecule has 1 saturated heterocycles. The van der Waals surface area contributed by atoms with Crippen molar-refractivity contribution >= 4 is 17.4 Å². The van der Waals surface area contributed by atoms with Crippen molar-refractivity contribution in [1.82, 2.24) is 9.88 Å². The van der Waals surface area contributed by atoms with E-state index in [2.05, 4.69) is 22.9 Å². The third kappa shape index (κ3) is 4.04. The second-order valence-corrected chi connectivity index (χ2v) is 6.66. The monoisotopic (exact) mass is 385 g/mol. The zero-order valence-corrected chi connectivity index (χ0v) is 15.9. The lowest BCUT2D eigenvalue weighted by molar-refractivity contribution is -0.385. The molecule has 28 heavy (non-hydrogen) atoms. The van der Waals surface area contributed by atoms with Crippen LogP contribution in [0.1, 0.15) is 28.9 Å². The van der Waals surface area contributed by atoms with Crippen LogP contribution in [0.4, 0.5) is 11.5 Å². The van der Waals surface area contributed by atoms with E-state index < -0.39 is 10.8 Å². The van der Waals surface area contributed by atoms with Gasteiger partial charge in [-0.3, -0.25) is 19.8 Å². The van der Waals surface area contributed by atoms with Crippen molar-refractivity contribution in [3.05, 3.63) is 57.8 Å². The van der Waals surface area contributed by atoms with E-state index in [1.807, 2.05) is 23.1 Å². The van der Waals surface area contributed by atoms with Gasteiger partial charge in [0.25, 0.3) is 11.6 Å². The number of amides is 1. The maximum Gasteiger partial charge on any atom is 0.288 e. The van der Waals surface area contributed by atoms with Gasteiger partial charge in [-0.15, -0.1) is 0 Å². The van der Waals surface area contributed by atoms with Crippen LogP contribution in [0.5, 0.6) is 5.75 Å². The summed E-state index contributed by atoms with van der Waals surface area (Å²) in [5, 5.41) is 10.9. The molecular formula is C19H23N5O4. The molecule has 1 aromatic heterocycles. The number of nitrogens with zero attached hydrogens (tertiary/aromatic N) is 4. The van der Waals surface area contributed by atoms with Gasteiger partial charge in [0.2, 0.25) is 0 Å². The topological polar surface area (TPSA) is 115 Å². The van der Waals surface area contributed by atoms with Crippen LogP contribution < -0.4 is 15.4 Å². The van der Waals surface area contributed by atoms with Gasteiger partial charge in [-0.2, -0.15) is 0 Å². The first-order chi connectivity index (χ1) is 13.4. The number of hydrogen-bond donors (Lipinski definition) is 1. The maximum atomic E-state index is 11.8. The van der Waals surface area contributed by atoms with Crippen LogP contribution in [0.3, 0.4) is 0 Å². The Morgan fingerprint density at radius 3 is 2.61 bits per heavy atom. The zero-order chi connectivity index (χ0) is 20.3. The molecule has 1 unspecified atom stereocenters. The highest BCUT2D eigenvalue weighted by Gasteiger charge is 2.26. The standard InChI is InChI=1S/C19H23N5O4/c1-13(14-4-3-5-16(10-14)28-2)22-6-8-23(9-7-22)19-17(18(20)25)11-15(12-21-19)24(26)27/h3-5,10-13H,6-9H2,1-2H3,(H2,20,25). The molecule has 0 aliphatic carbocycles. The van der Waals surface area contributed by atoms with Gasteiger partial charge in [0.1, 0.15) is 17.8 Å². The van der Waals surface area contributed by atoms with Gasteiger partial charge in [0.05, 0.1) is 17.6 Å². The maximum absolute atomic E-state index is 11.8. The number of carbonyl (C=O) groups is 1. The van der Waals surface area contributed by atoms with Crippen molar-refractivity contribution in [2.24, 2.45) is 5.73 Å². The zero-order valence-electron chi connectivity index (χ0n) is 15.9. The Balaban J connectivity index is 1.73. The normalized spacial score (nSPS) is 15.9. The van der Waals surface area contributed by atoms with Crippen LogP contribution in [0.25, 0.3) is 0 Å². The Kier molecular flexibility index (Phi) is 5.74. The van der Waals surface area contributed by atoms with Crippen LogP contribution >= 0.6 is 0 Å². The minimum absolute atomic E-state index is 0.0727. The number of aromatic nitrogens is 1. The number of primary amides is 1. The van der Waals surface area contributed by atoms with E-state index in [0.717, 1.165) is 25.0 Å². The summed E-state index contributed by atoms with van der Waals surface area (Å²) in [6, 6.07) is 9.39. The Morgan fingerprint density at radius 1 is 1.29 bits per heavy atom. The molecule has 1 amide bonds. The van der Waals surface area contributed by atoms with Gasteiger partial charge in [-0.05, 0) is 24.6 Å². The molecule has 2 N–H and O–H groups in total. The largest absolute Gasteiger partial charge is 0.497 e. The van der Waals surface area contributed by atoms with Crippen LogP contribution in [-0.2, 0) is 0 Å². The fourth-order valence-electron chi connectivity index (χ4n) is 3.41. The lowest BCUT2D eigenvalue weighted by atomic mass is 10.1. The van der Waals surface area contributed by atoms with Crippen molar-refractivity contribution < 1.29 is 14.5 Å². The SMILES string of the molecule is COc1cccc(C(C)N2CCN(c3ncc([N+](=O)[O-])cc3C(N)=O)CC2)c1. The van der Waals surface area contributed by atoms with Gasteiger partial charge >= 0.3 is 0 Å². The Labute approximate surface area is 162 Å². The summed E-state index contributed by atoms with van der Waals surface area (Å²) in [5.74, 6) is 0.495. The Morgan fingerprint density at radius 2 is 2.00 bits per heavy atom. The van der Waals surface area contributed by atoms with E-state index in [0.29, 0.717) is 18.9 Å². The minimum atomic E-state index is -0.724. The number of piperazine rings is 1. The summed E-state index contributed by atoms with van der Waals surface area (Å²) < 4.78 is 5.30. The quantitative estimate of drug-likeness (QED) is 0.597. The average molecular weight is 385 g/mol. The number of pyridine rings is 1. The third-order valence-corrected chi connectivity index (χ3v) is 5.07. The van der Waals surface area contributed by atoms with Crippen molar-refractivity contribution in [2.75, 3.05) is 38.2 Å². The number of carbonyl (C=O) groups excluding carboxylic acids is 1. The lowest BCUT2D eigenvalue weighted by Gasteiger charge is -2.39. The molecule has 0 saturated carbocycles. The fourth-order valence-corrected chi connectivity index (χ4v) is 3.41. The van der Waals surface area contributed by atoms with Gasteiger partial charge in [0, 0.05) is 38.3 Å². The van der Waals surface area contributed by atoms with Crippen molar-refractivity contribution in [1.29, 1.82) is 0 Å². The summed E-state index contributed by atoms with van der Waals surface area (Å²) in [6.07, 6.45) is 1.16. The molecule has 0 bridgehead atoms. The Bertz CT molecular complexity index is 880. The second-order valence-electron chi connectivity index (χ2n) is 6.66. The molecule has 148 valence electrons. The number of nitro groups is 1. The second kappa shape index (κ2) is 8.22. The average Bonchev–Trinajstić information content (AvgIpc) is 2.72. The first-order valence-electron chi connectivity index (χ1n) is 8.98. The van der Waals surface area contributed by atoms with Gasteiger partial charge < -0.3 is 15.4 Å². The van der Waals surface area contributed by atoms with Gasteiger partial charge in [-0.1, -0.05) is 12.1 Å². The highest BCUT2D eigenvalue weighted by atomic mass is 16.6. The van der Waals surface area contributed by atoms with E-state index in [1.54, 1.807) is 7.11 Å². The molecule has 2 heterocycles. The molecule has 1 atom stereocenters. The predicted octanol–water partition coefficient (Wildman–Crippen LogP) is 1.98. The fraction of sp³-hybridized carbons (Fsp3) is 0.368. The number of benzene rings is 1. The summed E-state index contributed by atoms with van der Waals surface area (Å²) in [6.45, 7) is 4.94. The minimum Gasteiger partial charge on any atom is -0.497 e. The van der Waals surface area contributed by atoms with E-state index in [4.69, 9.17) is 10.5 Å². The molecule has 0 radical (unpaired) electrons. The van der Waals surface area contributed by atoms with E-state index in [9.17, 15) is 14.9 Å². The van der Waals surface area contributed by atoms with Gasteiger partial charge in [0.15, 0.2) is 0 Å². The summed E-state index contributed by atoms with van der Waals surface area (Å²) >= 11 is 0. The molecule has 1 fully saturated rings. The number of nitrogens with two attached hydrogens (primary N) is 1. The highest BCUT2D eigenvalue weighted by Crippen LogP contribution is 2.27. The van der Waals surface area contributed by atoms with Crippen LogP contribution in [-0.4, -0.2) is 54.0 Å². The third-order valence-electron chi connectivity index (χ3n) is 5.07. The van der Waals surface area contributed by atoms with E-state index in [1.165, 1.54) is 11.6 Å². The smallest absolute Gasteiger partial charge is 0.288 e. The molecule has 2 aromatic rings. The number of anilines is 1. The number of rotatable bonds is 6. The first kappa shape index (κ1) is 19.6. The van der Waals surface area contributed by atoms with Crippen LogP contribution in [0.2, 0.25) is 0 Å². The summed E-state index contributed by atoms with van der Waals surface area (Å²) in [7, 11) is 1.65. The highest BCUT2D eigenvalue weighted by molar-refractivity contribution is 5.98. The number of hydrogen-bond acceptors (Lipinski definition) is 7. The van der Waals surface area contributed by atoms with Crippen LogP contribution in [0, 0.1) is 10.1 Å². The molecule has 9 nitrogen and oxygen atoms in total. The molecule has 9 heteroatoms. The van der Waals surface area contributed by atoms with Crippen molar-refractivity contribution in [3.8, 4) is 5.75 Å². The Hall–Kier alpha value is -3.20. The van der Waals surface area contributed by atoms with E-state index >= 15 is 0 Å². The number of methoxy groups -OCH3 is 1. The lowest BCUT2D eigenvalue weighted by Crippen LogP contribution is -2.48. The summed E-state index contributed by atoms with van der Waals surface area (Å²) in [5.41, 5.74) is 6.41. The van der Waals surface area contributed by atoms with Crippen LogP contribution in [0.15, 0.2) is 36.5 Å². The molecule has 1 aliphatic rings. The number of ether oxygens (including phenoxy) is 1. The molecule has 0 spiro atoms. The van der Waals surface area contributed by atoms with E-state index in [-0.39, 0.29) is 17.3 Å². The molecular weight excluding hydrogens is 362 g/mol. The van der Waals surface area contributed by atoms with Crippen molar-refractivity contribution in [2.45, 2.75) is 13.0 Å². The molecule has 1 aliphatic heterocycles. The van der Waals surface area contributed by atoms with Crippen molar-refractivity contribution in [3.63, 3.8) is 0 Å². The molecule has 3 rings (SSSR count). The van der Waals surface area contributed by atoms with Gasteiger partial charge in [-0.25, -0.2) is 4.98 Å².